The molecule has 0 unspecified atom stereocenters. The molecule has 2 aliphatic heterocycles. The molecule has 2 aromatic carbocycles. The summed E-state index contributed by atoms with van der Waals surface area (Å²) >= 11 is 6.09. The number of fused-ring (bicyclic) bond motifs is 2. The van der Waals surface area contributed by atoms with Gasteiger partial charge in [0.05, 0.1) is 30.2 Å². The van der Waals surface area contributed by atoms with Gasteiger partial charge >= 0.3 is 0 Å². The van der Waals surface area contributed by atoms with E-state index < -0.39 is 6.04 Å². The first kappa shape index (κ1) is 20.2. The fourth-order valence-electron chi connectivity index (χ4n) is 4.48. The van der Waals surface area contributed by atoms with Crippen LogP contribution in [-0.2, 0) is 4.74 Å². The molecule has 3 heterocycles. The van der Waals surface area contributed by atoms with Gasteiger partial charge in [0.25, 0.3) is 5.91 Å². The van der Waals surface area contributed by atoms with Crippen molar-refractivity contribution in [2.75, 3.05) is 39.4 Å². The molecule has 1 saturated heterocycles. The van der Waals surface area contributed by atoms with Crippen LogP contribution in [0.1, 0.15) is 34.1 Å². The van der Waals surface area contributed by atoms with E-state index in [1.807, 2.05) is 12.1 Å². The molecule has 160 valence electrons. The smallest absolute Gasteiger partial charge is 0.290 e. The zero-order valence-corrected chi connectivity index (χ0v) is 17.8. The Hall–Kier alpha value is -2.67. The third-order valence-electron chi connectivity index (χ3n) is 6.04. The van der Waals surface area contributed by atoms with E-state index in [-0.39, 0.29) is 17.1 Å². The number of carbonyl (C=O) groups is 1. The van der Waals surface area contributed by atoms with Crippen molar-refractivity contribution in [2.24, 2.45) is 0 Å². The first-order valence-electron chi connectivity index (χ1n) is 10.6. The molecule has 0 N–H and O–H groups in total. The standard InChI is InChI=1S/C24H23ClN2O4/c25-17-8-6-16(7-9-17)21-20-22(28)18-4-1-2-5-19(18)31-23(20)24(29)27(21)11-3-10-26-12-14-30-15-13-26/h1-2,4-9,21H,3,10-15H2/t21-/m0/s1. The maximum Gasteiger partial charge on any atom is 0.290 e. The summed E-state index contributed by atoms with van der Waals surface area (Å²) in [5.74, 6) is -0.0881. The van der Waals surface area contributed by atoms with Gasteiger partial charge in [-0.15, -0.1) is 0 Å². The number of hydrogen-bond donors (Lipinski definition) is 0. The summed E-state index contributed by atoms with van der Waals surface area (Å²) in [6, 6.07) is 13.9. The van der Waals surface area contributed by atoms with Crippen molar-refractivity contribution < 1.29 is 13.9 Å². The molecule has 0 radical (unpaired) electrons. The van der Waals surface area contributed by atoms with Crippen LogP contribution in [0.25, 0.3) is 11.0 Å². The normalized spacial score (nSPS) is 19.2. The lowest BCUT2D eigenvalue weighted by Gasteiger charge is -2.29. The lowest BCUT2D eigenvalue weighted by molar-refractivity contribution is 0.0353. The van der Waals surface area contributed by atoms with E-state index in [2.05, 4.69) is 4.90 Å². The highest BCUT2D eigenvalue weighted by Crippen LogP contribution is 2.38. The summed E-state index contributed by atoms with van der Waals surface area (Å²) in [5, 5.41) is 1.10. The second-order valence-electron chi connectivity index (χ2n) is 7.93. The first-order chi connectivity index (χ1) is 15.1. The Labute approximate surface area is 185 Å². The predicted octanol–water partition coefficient (Wildman–Crippen LogP) is 3.71. The summed E-state index contributed by atoms with van der Waals surface area (Å²) in [6.45, 7) is 4.70. The Morgan fingerprint density at radius 2 is 1.71 bits per heavy atom. The van der Waals surface area contributed by atoms with Crippen molar-refractivity contribution in [1.82, 2.24) is 9.80 Å². The van der Waals surface area contributed by atoms with Gasteiger partial charge in [-0.25, -0.2) is 0 Å². The van der Waals surface area contributed by atoms with Gasteiger partial charge in [-0.1, -0.05) is 35.9 Å². The Bertz CT molecular complexity index is 1170. The largest absolute Gasteiger partial charge is 0.450 e. The number of rotatable bonds is 5. The molecular formula is C24H23ClN2O4. The number of carbonyl (C=O) groups excluding carboxylic acids is 1. The first-order valence-corrected chi connectivity index (χ1v) is 10.9. The highest BCUT2D eigenvalue weighted by molar-refractivity contribution is 6.30. The topological polar surface area (TPSA) is 63.0 Å². The summed E-state index contributed by atoms with van der Waals surface area (Å²) in [5.41, 5.74) is 1.55. The molecular weight excluding hydrogens is 416 g/mol. The number of para-hydroxylation sites is 1. The second kappa shape index (κ2) is 8.46. The van der Waals surface area contributed by atoms with E-state index in [0.717, 1.165) is 44.8 Å². The van der Waals surface area contributed by atoms with Gasteiger partial charge in [0.1, 0.15) is 5.58 Å². The van der Waals surface area contributed by atoms with Crippen molar-refractivity contribution in [2.45, 2.75) is 12.5 Å². The average molecular weight is 439 g/mol. The highest BCUT2D eigenvalue weighted by Gasteiger charge is 2.42. The zero-order chi connectivity index (χ0) is 21.4. The van der Waals surface area contributed by atoms with E-state index in [1.165, 1.54) is 0 Å². The van der Waals surface area contributed by atoms with Crippen molar-refractivity contribution in [1.29, 1.82) is 0 Å². The number of benzene rings is 2. The van der Waals surface area contributed by atoms with Gasteiger partial charge < -0.3 is 14.1 Å². The van der Waals surface area contributed by atoms with Crippen molar-refractivity contribution in [3.63, 3.8) is 0 Å². The van der Waals surface area contributed by atoms with Gasteiger partial charge in [-0.2, -0.15) is 0 Å². The van der Waals surface area contributed by atoms with E-state index >= 15 is 0 Å². The van der Waals surface area contributed by atoms with Crippen LogP contribution >= 0.6 is 11.6 Å². The molecule has 5 rings (SSSR count). The monoisotopic (exact) mass is 438 g/mol. The van der Waals surface area contributed by atoms with Gasteiger partial charge in [-0.05, 0) is 36.2 Å². The molecule has 2 aliphatic rings. The number of morpholine rings is 1. The van der Waals surface area contributed by atoms with Crippen LogP contribution < -0.4 is 5.43 Å². The van der Waals surface area contributed by atoms with Gasteiger partial charge in [0.2, 0.25) is 5.76 Å². The molecule has 0 spiro atoms. The van der Waals surface area contributed by atoms with Crippen LogP contribution in [-0.4, -0.2) is 55.1 Å². The number of ether oxygens (including phenoxy) is 1. The van der Waals surface area contributed by atoms with E-state index in [9.17, 15) is 9.59 Å². The predicted molar refractivity (Wildman–Crippen MR) is 119 cm³/mol. The molecule has 31 heavy (non-hydrogen) atoms. The fourth-order valence-corrected chi connectivity index (χ4v) is 4.60. The van der Waals surface area contributed by atoms with Crippen LogP contribution in [0.5, 0.6) is 0 Å². The Morgan fingerprint density at radius 1 is 0.968 bits per heavy atom. The van der Waals surface area contributed by atoms with Crippen LogP contribution in [0.4, 0.5) is 0 Å². The fraction of sp³-hybridized carbons (Fsp3) is 0.333. The summed E-state index contributed by atoms with van der Waals surface area (Å²) in [7, 11) is 0. The molecule has 0 aliphatic carbocycles. The lowest BCUT2D eigenvalue weighted by atomic mass is 9.98. The maximum atomic E-state index is 13.4. The molecule has 1 fully saturated rings. The maximum absolute atomic E-state index is 13.4. The van der Waals surface area contributed by atoms with Crippen LogP contribution in [0.15, 0.2) is 57.7 Å². The molecule has 1 aromatic heterocycles. The van der Waals surface area contributed by atoms with Crippen LogP contribution in [0, 0.1) is 0 Å². The Balaban J connectivity index is 1.52. The van der Waals surface area contributed by atoms with E-state index in [0.29, 0.717) is 28.1 Å². The van der Waals surface area contributed by atoms with Crippen molar-refractivity contribution in [3.05, 3.63) is 80.7 Å². The number of nitrogens with zero attached hydrogens (tertiary/aromatic N) is 2. The van der Waals surface area contributed by atoms with Gasteiger partial charge in [0, 0.05) is 31.2 Å². The quantitative estimate of drug-likeness (QED) is 0.607. The van der Waals surface area contributed by atoms with Crippen LogP contribution in [0.2, 0.25) is 5.02 Å². The summed E-state index contributed by atoms with van der Waals surface area (Å²) < 4.78 is 11.4. The third kappa shape index (κ3) is 3.76. The third-order valence-corrected chi connectivity index (χ3v) is 6.29. The summed E-state index contributed by atoms with van der Waals surface area (Å²) in [6.07, 6.45) is 0.803. The van der Waals surface area contributed by atoms with Crippen molar-refractivity contribution >= 4 is 28.5 Å². The van der Waals surface area contributed by atoms with E-state index in [4.69, 9.17) is 20.8 Å². The van der Waals surface area contributed by atoms with Crippen LogP contribution in [0.3, 0.4) is 0 Å². The minimum Gasteiger partial charge on any atom is -0.450 e. The van der Waals surface area contributed by atoms with Gasteiger partial charge in [0.15, 0.2) is 5.43 Å². The number of halogens is 1. The Morgan fingerprint density at radius 3 is 2.48 bits per heavy atom. The average Bonchev–Trinajstić information content (AvgIpc) is 3.07. The molecule has 6 nitrogen and oxygen atoms in total. The SMILES string of the molecule is O=C1c2oc3ccccc3c(=O)c2[C@H](c2ccc(Cl)cc2)N1CCCN1CCOCC1. The molecule has 0 saturated carbocycles. The Kier molecular flexibility index (Phi) is 5.52. The second-order valence-corrected chi connectivity index (χ2v) is 8.37. The number of amides is 1. The zero-order valence-electron chi connectivity index (χ0n) is 17.1. The molecule has 1 amide bonds. The molecule has 7 heteroatoms. The molecule has 1 atom stereocenters. The minimum atomic E-state index is -0.481. The molecule has 3 aromatic rings. The lowest BCUT2D eigenvalue weighted by Crippen LogP contribution is -2.38. The van der Waals surface area contributed by atoms with E-state index in [1.54, 1.807) is 41.3 Å². The van der Waals surface area contributed by atoms with Crippen molar-refractivity contribution in [3.8, 4) is 0 Å². The highest BCUT2D eigenvalue weighted by atomic mass is 35.5. The van der Waals surface area contributed by atoms with Gasteiger partial charge in [-0.3, -0.25) is 14.5 Å². The minimum absolute atomic E-state index is 0.148. The summed E-state index contributed by atoms with van der Waals surface area (Å²) in [4.78, 5) is 30.9. The number of hydrogen-bond acceptors (Lipinski definition) is 5. The molecule has 0 bridgehead atoms.